The largest absolute Gasteiger partial charge is 0.548 e. The van der Waals surface area contributed by atoms with Crippen LogP contribution in [-0.2, 0) is 9.59 Å². The van der Waals surface area contributed by atoms with Crippen LogP contribution < -0.4 is 14.6 Å². The Bertz CT molecular complexity index is 750. The first-order valence-electron chi connectivity index (χ1n) is 7.62. The van der Waals surface area contributed by atoms with Gasteiger partial charge in [-0.25, -0.2) is 0 Å². The Balaban J connectivity index is 2.36. The third-order valence-electron chi connectivity index (χ3n) is 3.72. The van der Waals surface area contributed by atoms with Gasteiger partial charge in [0.05, 0.1) is 31.1 Å². The molecule has 0 unspecified atom stereocenters. The summed E-state index contributed by atoms with van der Waals surface area (Å²) in [5.41, 5.74) is 0.640. The molecular formula is C17H18NO5S3-. The Labute approximate surface area is 165 Å². The lowest BCUT2D eigenvalue weighted by molar-refractivity contribution is -0.310. The van der Waals surface area contributed by atoms with Crippen LogP contribution in [0.4, 0.5) is 0 Å². The van der Waals surface area contributed by atoms with E-state index in [0.717, 1.165) is 16.7 Å². The summed E-state index contributed by atoms with van der Waals surface area (Å²) in [7, 11) is 3.03. The molecule has 1 aromatic rings. The lowest BCUT2D eigenvalue weighted by atomic mass is 10.1. The summed E-state index contributed by atoms with van der Waals surface area (Å²) < 4.78 is 10.8. The van der Waals surface area contributed by atoms with Crippen LogP contribution in [0.1, 0.15) is 12.0 Å². The van der Waals surface area contributed by atoms with Crippen molar-refractivity contribution in [2.24, 2.45) is 0 Å². The van der Waals surface area contributed by atoms with Gasteiger partial charge in [-0.2, -0.15) is 11.8 Å². The van der Waals surface area contributed by atoms with E-state index in [1.165, 1.54) is 26.0 Å². The molecule has 6 nitrogen and oxygen atoms in total. The maximum absolute atomic E-state index is 12.8. The standard InChI is InChI=1S/C17H19NO5S3/c1-22-12-6-4-5-10(14(12)23-2)9-13-15(19)18(17(24)26-13)11(16(20)21)7-8-25-3/h4-6,9,11H,7-8H2,1-3H3,(H,20,21)/p-1/b13-9-/t11-/m1/s1. The fourth-order valence-electron chi connectivity index (χ4n) is 2.50. The molecule has 1 fully saturated rings. The highest BCUT2D eigenvalue weighted by Crippen LogP contribution is 2.38. The summed E-state index contributed by atoms with van der Waals surface area (Å²) in [5, 5.41) is 11.5. The lowest BCUT2D eigenvalue weighted by Crippen LogP contribution is -2.50. The molecule has 1 heterocycles. The molecular weight excluding hydrogens is 394 g/mol. The number of nitrogens with zero attached hydrogens (tertiary/aromatic N) is 1. The Kier molecular flexibility index (Phi) is 7.36. The van der Waals surface area contributed by atoms with Crippen molar-refractivity contribution in [3.05, 3.63) is 28.7 Å². The maximum Gasteiger partial charge on any atom is 0.266 e. The van der Waals surface area contributed by atoms with Crippen molar-refractivity contribution in [1.82, 2.24) is 4.90 Å². The molecule has 1 atom stereocenters. The van der Waals surface area contributed by atoms with Crippen LogP contribution >= 0.6 is 35.7 Å². The summed E-state index contributed by atoms with van der Waals surface area (Å²) in [6, 6.07) is 4.22. The van der Waals surface area contributed by atoms with Gasteiger partial charge in [-0.1, -0.05) is 36.1 Å². The minimum atomic E-state index is -1.31. The number of methoxy groups -OCH3 is 2. The minimum Gasteiger partial charge on any atom is -0.548 e. The maximum atomic E-state index is 12.8. The van der Waals surface area contributed by atoms with Crippen molar-refractivity contribution in [3.8, 4) is 11.5 Å². The van der Waals surface area contributed by atoms with E-state index in [1.807, 2.05) is 6.26 Å². The molecule has 140 valence electrons. The van der Waals surface area contributed by atoms with E-state index in [4.69, 9.17) is 21.7 Å². The number of carbonyl (C=O) groups excluding carboxylic acids is 2. The summed E-state index contributed by atoms with van der Waals surface area (Å²) in [4.78, 5) is 25.7. The number of thioether (sulfide) groups is 2. The number of aliphatic carboxylic acids is 1. The SMILES string of the molecule is COc1cccc(/C=C2\SC(=S)N([C@H](CCSC)C(=O)[O-])C2=O)c1OC. The Hall–Kier alpha value is -1.71. The molecule has 0 radical (unpaired) electrons. The van der Waals surface area contributed by atoms with Crippen molar-refractivity contribution < 1.29 is 24.2 Å². The fraction of sp³-hybridized carbons (Fsp3) is 0.353. The number of hydrogen-bond acceptors (Lipinski definition) is 8. The number of carboxylic acid groups (broad SMARTS) is 1. The third-order valence-corrected chi connectivity index (χ3v) is 5.70. The Morgan fingerprint density at radius 3 is 2.73 bits per heavy atom. The van der Waals surface area contributed by atoms with E-state index in [-0.39, 0.29) is 10.7 Å². The number of thiocarbonyl (C=S) groups is 1. The molecule has 1 amide bonds. The van der Waals surface area contributed by atoms with Crippen molar-refractivity contribution in [2.75, 3.05) is 26.2 Å². The summed E-state index contributed by atoms with van der Waals surface area (Å²) in [6.45, 7) is 0. The third kappa shape index (κ3) is 4.33. The van der Waals surface area contributed by atoms with E-state index in [2.05, 4.69) is 0 Å². The average molecular weight is 413 g/mol. The van der Waals surface area contributed by atoms with E-state index in [1.54, 1.807) is 24.3 Å². The van der Waals surface area contributed by atoms with Crippen LogP contribution in [0.5, 0.6) is 11.5 Å². The number of ether oxygens (including phenoxy) is 2. The highest BCUT2D eigenvalue weighted by atomic mass is 32.2. The second-order valence-electron chi connectivity index (χ2n) is 5.25. The summed E-state index contributed by atoms with van der Waals surface area (Å²) in [5.74, 6) is -0.155. The van der Waals surface area contributed by atoms with Gasteiger partial charge >= 0.3 is 0 Å². The zero-order valence-electron chi connectivity index (χ0n) is 14.5. The van der Waals surface area contributed by atoms with Gasteiger partial charge in [0, 0.05) is 5.56 Å². The smallest absolute Gasteiger partial charge is 0.266 e. The van der Waals surface area contributed by atoms with Gasteiger partial charge in [0.2, 0.25) is 0 Å². The first-order chi connectivity index (χ1) is 12.4. The molecule has 0 saturated carbocycles. The monoisotopic (exact) mass is 412 g/mol. The van der Waals surface area contributed by atoms with Gasteiger partial charge < -0.3 is 19.4 Å². The zero-order chi connectivity index (χ0) is 19.3. The molecule has 0 aliphatic carbocycles. The predicted molar refractivity (Wildman–Crippen MR) is 106 cm³/mol. The van der Waals surface area contributed by atoms with Crippen LogP contribution in [0.3, 0.4) is 0 Å². The second kappa shape index (κ2) is 9.29. The van der Waals surface area contributed by atoms with Crippen molar-refractivity contribution in [2.45, 2.75) is 12.5 Å². The molecule has 0 spiro atoms. The Morgan fingerprint density at radius 1 is 1.42 bits per heavy atom. The van der Waals surface area contributed by atoms with Gasteiger partial charge in [-0.3, -0.25) is 9.69 Å². The van der Waals surface area contributed by atoms with Crippen molar-refractivity contribution in [1.29, 1.82) is 0 Å². The molecule has 1 saturated heterocycles. The van der Waals surface area contributed by atoms with Gasteiger partial charge in [-0.05, 0) is 30.6 Å². The molecule has 9 heteroatoms. The predicted octanol–water partition coefficient (Wildman–Crippen LogP) is 1.78. The molecule has 1 aliphatic rings. The van der Waals surface area contributed by atoms with Crippen LogP contribution in [0.2, 0.25) is 0 Å². The van der Waals surface area contributed by atoms with Gasteiger partial charge in [0.25, 0.3) is 5.91 Å². The molecule has 0 aromatic heterocycles. The van der Waals surface area contributed by atoms with Crippen LogP contribution in [0, 0.1) is 0 Å². The first kappa shape index (κ1) is 20.6. The van der Waals surface area contributed by atoms with Crippen LogP contribution in [0.15, 0.2) is 23.1 Å². The van der Waals surface area contributed by atoms with Crippen LogP contribution in [0.25, 0.3) is 6.08 Å². The van der Waals surface area contributed by atoms with Gasteiger partial charge in [-0.15, -0.1) is 0 Å². The van der Waals surface area contributed by atoms with Crippen molar-refractivity contribution >= 4 is 58.0 Å². The van der Waals surface area contributed by atoms with Gasteiger partial charge in [0.1, 0.15) is 4.32 Å². The fourth-order valence-corrected chi connectivity index (χ4v) is 4.30. The number of benzene rings is 1. The van der Waals surface area contributed by atoms with E-state index < -0.39 is 17.9 Å². The average Bonchev–Trinajstić information content (AvgIpc) is 2.89. The zero-order valence-corrected chi connectivity index (χ0v) is 17.0. The summed E-state index contributed by atoms with van der Waals surface area (Å²) >= 11 is 7.80. The number of carboxylic acids is 1. The highest BCUT2D eigenvalue weighted by Gasteiger charge is 2.37. The number of hydrogen-bond donors (Lipinski definition) is 0. The first-order valence-corrected chi connectivity index (χ1v) is 10.2. The molecule has 2 rings (SSSR count). The second-order valence-corrected chi connectivity index (χ2v) is 7.91. The lowest BCUT2D eigenvalue weighted by Gasteiger charge is -2.27. The highest BCUT2D eigenvalue weighted by molar-refractivity contribution is 8.26. The number of amides is 1. The molecule has 0 N–H and O–H groups in total. The van der Waals surface area contributed by atoms with Crippen LogP contribution in [-0.4, -0.2) is 53.4 Å². The molecule has 1 aromatic carbocycles. The van der Waals surface area contributed by atoms with Gasteiger partial charge in [0.15, 0.2) is 11.5 Å². The van der Waals surface area contributed by atoms with Crippen molar-refractivity contribution in [3.63, 3.8) is 0 Å². The van der Waals surface area contributed by atoms with E-state index in [9.17, 15) is 14.7 Å². The topological polar surface area (TPSA) is 78.9 Å². The number of rotatable bonds is 8. The quantitative estimate of drug-likeness (QED) is 0.472. The minimum absolute atomic E-state index is 0.207. The van der Waals surface area contributed by atoms with E-state index >= 15 is 0 Å². The Morgan fingerprint density at radius 2 is 2.15 bits per heavy atom. The van der Waals surface area contributed by atoms with E-state index in [0.29, 0.717) is 27.7 Å². The molecule has 26 heavy (non-hydrogen) atoms. The number of para-hydroxylation sites is 1. The normalized spacial score (nSPS) is 16.9. The summed E-state index contributed by atoms with van der Waals surface area (Å²) in [6.07, 6.45) is 3.76. The molecule has 1 aliphatic heterocycles. The number of carbonyl (C=O) groups is 2. The molecule has 0 bridgehead atoms.